The van der Waals surface area contributed by atoms with Crippen LogP contribution in [0.2, 0.25) is 0 Å². The zero-order valence-electron chi connectivity index (χ0n) is 21.5. The summed E-state index contributed by atoms with van der Waals surface area (Å²) in [6.45, 7) is 8.14. The molecule has 190 valence electrons. The van der Waals surface area contributed by atoms with Gasteiger partial charge in [-0.05, 0) is 67.6 Å². The average Bonchev–Trinajstić information content (AvgIpc) is 2.88. The van der Waals surface area contributed by atoms with E-state index < -0.39 is 6.04 Å². The molecule has 0 heterocycles. The summed E-state index contributed by atoms with van der Waals surface area (Å²) in [5.41, 5.74) is 4.03. The molecule has 0 saturated carbocycles. The van der Waals surface area contributed by atoms with Crippen LogP contribution in [0.15, 0.2) is 77.3 Å². The topological polar surface area (TPSA) is 58.6 Å². The number of carbonyl (C=O) groups excluding carboxylic acids is 2. The minimum atomic E-state index is -0.681. The van der Waals surface area contributed by atoms with Gasteiger partial charge in [-0.3, -0.25) is 9.59 Å². The standard InChI is InChI=1S/C30H35BrN2O3/c1-5-22(3)32-30(35)27(18-24-11-7-6-8-12-24)33(19-25-14-16-26(31)17-15-25)29(34)20-36-28-13-9-10-21(2)23(28)4/h6-17,22,27H,5,18-20H2,1-4H3,(H,32,35)/t22-,27+/m0/s1. The normalized spacial score (nSPS) is 12.5. The number of aryl methyl sites for hydroxylation is 1. The Bertz CT molecular complexity index is 1150. The Balaban J connectivity index is 1.92. The fourth-order valence-corrected chi connectivity index (χ4v) is 4.15. The molecule has 36 heavy (non-hydrogen) atoms. The first-order valence-electron chi connectivity index (χ1n) is 12.4. The molecule has 0 aliphatic carbocycles. The first-order chi connectivity index (χ1) is 17.3. The molecule has 2 atom stereocenters. The van der Waals surface area contributed by atoms with Crippen molar-refractivity contribution in [2.75, 3.05) is 6.61 Å². The zero-order valence-corrected chi connectivity index (χ0v) is 23.0. The monoisotopic (exact) mass is 550 g/mol. The third-order valence-electron chi connectivity index (χ3n) is 6.44. The van der Waals surface area contributed by atoms with Gasteiger partial charge in [0.15, 0.2) is 6.61 Å². The zero-order chi connectivity index (χ0) is 26.1. The molecule has 3 aromatic rings. The number of hydrogen-bond acceptors (Lipinski definition) is 3. The van der Waals surface area contributed by atoms with Gasteiger partial charge in [0.1, 0.15) is 11.8 Å². The maximum Gasteiger partial charge on any atom is 0.261 e. The number of nitrogens with zero attached hydrogens (tertiary/aromatic N) is 1. The van der Waals surface area contributed by atoms with Crippen molar-refractivity contribution in [2.24, 2.45) is 0 Å². The largest absolute Gasteiger partial charge is 0.483 e. The number of rotatable bonds is 11. The van der Waals surface area contributed by atoms with Crippen molar-refractivity contribution >= 4 is 27.7 Å². The van der Waals surface area contributed by atoms with E-state index in [1.807, 2.05) is 100 Å². The molecule has 0 saturated heterocycles. The highest BCUT2D eigenvalue weighted by Gasteiger charge is 2.31. The average molecular weight is 552 g/mol. The highest BCUT2D eigenvalue weighted by atomic mass is 79.9. The Kier molecular flexibility index (Phi) is 10.1. The van der Waals surface area contributed by atoms with Crippen LogP contribution in [-0.2, 0) is 22.6 Å². The molecule has 3 aromatic carbocycles. The number of ether oxygens (including phenoxy) is 1. The van der Waals surface area contributed by atoms with E-state index >= 15 is 0 Å². The van der Waals surface area contributed by atoms with E-state index in [1.54, 1.807) is 4.90 Å². The number of amides is 2. The summed E-state index contributed by atoms with van der Waals surface area (Å²) in [4.78, 5) is 28.9. The second-order valence-corrected chi connectivity index (χ2v) is 10.1. The number of benzene rings is 3. The molecule has 0 aromatic heterocycles. The van der Waals surface area contributed by atoms with Crippen molar-refractivity contribution in [3.8, 4) is 5.75 Å². The Morgan fingerprint density at radius 1 is 0.944 bits per heavy atom. The van der Waals surface area contributed by atoms with E-state index in [0.29, 0.717) is 18.7 Å². The lowest BCUT2D eigenvalue weighted by Gasteiger charge is -2.32. The third-order valence-corrected chi connectivity index (χ3v) is 6.97. The van der Waals surface area contributed by atoms with Gasteiger partial charge < -0.3 is 15.0 Å². The number of halogens is 1. The molecule has 0 unspecified atom stereocenters. The summed E-state index contributed by atoms with van der Waals surface area (Å²) in [6.07, 6.45) is 1.22. The molecule has 2 amide bonds. The Labute approximate surface area is 223 Å². The van der Waals surface area contributed by atoms with E-state index in [0.717, 1.165) is 33.1 Å². The molecule has 5 nitrogen and oxygen atoms in total. The lowest BCUT2D eigenvalue weighted by Crippen LogP contribution is -2.53. The summed E-state index contributed by atoms with van der Waals surface area (Å²) < 4.78 is 6.93. The Hall–Kier alpha value is -3.12. The van der Waals surface area contributed by atoms with Gasteiger partial charge in [0.2, 0.25) is 5.91 Å². The van der Waals surface area contributed by atoms with Crippen LogP contribution < -0.4 is 10.1 Å². The van der Waals surface area contributed by atoms with Crippen molar-refractivity contribution in [3.05, 3.63) is 99.5 Å². The van der Waals surface area contributed by atoms with Gasteiger partial charge >= 0.3 is 0 Å². The van der Waals surface area contributed by atoms with Gasteiger partial charge in [0.25, 0.3) is 5.91 Å². The molecule has 0 bridgehead atoms. The minimum Gasteiger partial charge on any atom is -0.483 e. The minimum absolute atomic E-state index is 0.00611. The molecule has 1 N–H and O–H groups in total. The van der Waals surface area contributed by atoms with Crippen LogP contribution >= 0.6 is 15.9 Å². The molecular formula is C30H35BrN2O3. The summed E-state index contributed by atoms with van der Waals surface area (Å²) in [5.74, 6) is 0.278. The van der Waals surface area contributed by atoms with Crippen molar-refractivity contribution in [3.63, 3.8) is 0 Å². The van der Waals surface area contributed by atoms with Crippen molar-refractivity contribution in [2.45, 2.75) is 59.2 Å². The maximum absolute atomic E-state index is 13.7. The molecule has 0 aliphatic rings. The van der Waals surface area contributed by atoms with Crippen LogP contribution in [0.3, 0.4) is 0 Å². The van der Waals surface area contributed by atoms with E-state index in [9.17, 15) is 9.59 Å². The molecule has 0 radical (unpaired) electrons. The number of nitrogens with one attached hydrogen (secondary N) is 1. The molecule has 0 fully saturated rings. The molecular weight excluding hydrogens is 516 g/mol. The molecule has 6 heteroatoms. The summed E-state index contributed by atoms with van der Waals surface area (Å²) >= 11 is 3.47. The molecule has 0 spiro atoms. The summed E-state index contributed by atoms with van der Waals surface area (Å²) in [7, 11) is 0. The van der Waals surface area contributed by atoms with Gasteiger partial charge in [-0.2, -0.15) is 0 Å². The van der Waals surface area contributed by atoms with Gasteiger partial charge in [0, 0.05) is 23.5 Å². The Morgan fingerprint density at radius 3 is 2.31 bits per heavy atom. The van der Waals surface area contributed by atoms with Crippen LogP contribution in [0.1, 0.15) is 42.5 Å². The van der Waals surface area contributed by atoms with Crippen LogP contribution in [0.25, 0.3) is 0 Å². The molecule has 3 rings (SSSR count). The maximum atomic E-state index is 13.7. The first kappa shape index (κ1) is 27.5. The van der Waals surface area contributed by atoms with E-state index in [2.05, 4.69) is 21.2 Å². The number of carbonyl (C=O) groups is 2. The predicted molar refractivity (Wildman–Crippen MR) is 148 cm³/mol. The van der Waals surface area contributed by atoms with Crippen molar-refractivity contribution in [1.82, 2.24) is 10.2 Å². The van der Waals surface area contributed by atoms with Crippen molar-refractivity contribution in [1.29, 1.82) is 0 Å². The second-order valence-electron chi connectivity index (χ2n) is 9.16. The summed E-state index contributed by atoms with van der Waals surface area (Å²) in [5, 5.41) is 3.09. The highest BCUT2D eigenvalue weighted by molar-refractivity contribution is 9.10. The SMILES string of the molecule is CC[C@H](C)NC(=O)[C@@H](Cc1ccccc1)N(Cc1ccc(Br)cc1)C(=O)COc1cccc(C)c1C. The smallest absolute Gasteiger partial charge is 0.261 e. The van der Waals surface area contributed by atoms with Gasteiger partial charge in [-0.25, -0.2) is 0 Å². The van der Waals surface area contributed by atoms with Gasteiger partial charge in [-0.1, -0.05) is 77.5 Å². The highest BCUT2D eigenvalue weighted by Crippen LogP contribution is 2.22. The Morgan fingerprint density at radius 2 is 1.64 bits per heavy atom. The van der Waals surface area contributed by atoms with E-state index in [-0.39, 0.29) is 24.5 Å². The van der Waals surface area contributed by atoms with Crippen molar-refractivity contribution < 1.29 is 14.3 Å². The third kappa shape index (κ3) is 7.69. The van der Waals surface area contributed by atoms with Gasteiger partial charge in [0.05, 0.1) is 0 Å². The van der Waals surface area contributed by atoms with Crippen LogP contribution in [0.5, 0.6) is 5.75 Å². The summed E-state index contributed by atoms with van der Waals surface area (Å²) in [6, 6.07) is 22.7. The van der Waals surface area contributed by atoms with E-state index in [4.69, 9.17) is 4.74 Å². The second kappa shape index (κ2) is 13.3. The van der Waals surface area contributed by atoms with Gasteiger partial charge in [-0.15, -0.1) is 0 Å². The quantitative estimate of drug-likeness (QED) is 0.318. The fraction of sp³-hybridized carbons (Fsp3) is 0.333. The van der Waals surface area contributed by atoms with Crippen LogP contribution in [-0.4, -0.2) is 35.4 Å². The predicted octanol–water partition coefficient (Wildman–Crippen LogP) is 6.00. The lowest BCUT2D eigenvalue weighted by molar-refractivity contribution is -0.143. The lowest BCUT2D eigenvalue weighted by atomic mass is 10.0. The first-order valence-corrected chi connectivity index (χ1v) is 13.1. The van der Waals surface area contributed by atoms with Crippen LogP contribution in [0.4, 0.5) is 0 Å². The fourth-order valence-electron chi connectivity index (χ4n) is 3.88. The molecule has 0 aliphatic heterocycles. The number of hydrogen-bond donors (Lipinski definition) is 1. The van der Waals surface area contributed by atoms with Crippen LogP contribution in [0, 0.1) is 13.8 Å². The van der Waals surface area contributed by atoms with E-state index in [1.165, 1.54) is 0 Å².